The average Bonchev–Trinajstić information content (AvgIpc) is 3.06. The fourth-order valence-corrected chi connectivity index (χ4v) is 4.21. The van der Waals surface area contributed by atoms with Gasteiger partial charge in [-0.05, 0) is 38.5 Å². The van der Waals surface area contributed by atoms with Gasteiger partial charge in [-0.2, -0.15) is 0 Å². The van der Waals surface area contributed by atoms with Crippen molar-refractivity contribution in [2.75, 3.05) is 6.54 Å². The van der Waals surface area contributed by atoms with E-state index >= 15 is 0 Å². The molecule has 0 aliphatic carbocycles. The van der Waals surface area contributed by atoms with Crippen molar-refractivity contribution >= 4 is 11.9 Å². The monoisotopic (exact) mass is 281 g/mol. The van der Waals surface area contributed by atoms with Crippen LogP contribution in [0, 0.1) is 11.8 Å². The molecule has 3 aliphatic rings. The van der Waals surface area contributed by atoms with Crippen LogP contribution in [0.25, 0.3) is 0 Å². The first-order valence-corrected chi connectivity index (χ1v) is 7.82. The van der Waals surface area contributed by atoms with E-state index < -0.39 is 17.8 Å². The van der Waals surface area contributed by atoms with Crippen LogP contribution in [-0.4, -0.2) is 46.7 Å². The Hall–Kier alpha value is -1.10. The lowest BCUT2D eigenvalue weighted by Crippen LogP contribution is -2.51. The number of ether oxygens (including phenoxy) is 1. The predicted molar refractivity (Wildman–Crippen MR) is 72.2 cm³/mol. The Morgan fingerprint density at radius 2 is 1.85 bits per heavy atom. The van der Waals surface area contributed by atoms with Gasteiger partial charge in [0, 0.05) is 12.6 Å². The number of carbonyl (C=O) groups excluding carboxylic acids is 1. The van der Waals surface area contributed by atoms with E-state index in [-0.39, 0.29) is 24.2 Å². The molecule has 5 unspecified atom stereocenters. The topological polar surface area (TPSA) is 66.8 Å². The van der Waals surface area contributed by atoms with E-state index in [0.29, 0.717) is 0 Å². The first kappa shape index (κ1) is 13.9. The Bertz CT molecular complexity index is 411. The van der Waals surface area contributed by atoms with Crippen LogP contribution < -0.4 is 0 Å². The van der Waals surface area contributed by atoms with Gasteiger partial charge in [0.05, 0.1) is 24.0 Å². The predicted octanol–water partition coefficient (Wildman–Crippen LogP) is 1.66. The van der Waals surface area contributed by atoms with E-state index in [1.165, 1.54) is 0 Å². The molecule has 5 nitrogen and oxygen atoms in total. The number of carboxylic acids is 1. The SMILES string of the molecule is CCC1CCCCN1C(=O)C1C2CCC(O2)C1C(=O)O. The van der Waals surface area contributed by atoms with Gasteiger partial charge in [0.2, 0.25) is 5.91 Å². The van der Waals surface area contributed by atoms with E-state index in [9.17, 15) is 14.7 Å². The third-order valence-electron chi connectivity index (χ3n) is 5.23. The maximum atomic E-state index is 12.9. The van der Waals surface area contributed by atoms with Crippen molar-refractivity contribution in [3.05, 3.63) is 0 Å². The summed E-state index contributed by atoms with van der Waals surface area (Å²) >= 11 is 0. The van der Waals surface area contributed by atoms with Crippen LogP contribution in [0.15, 0.2) is 0 Å². The van der Waals surface area contributed by atoms with Crippen molar-refractivity contribution in [2.24, 2.45) is 11.8 Å². The average molecular weight is 281 g/mol. The Balaban J connectivity index is 1.80. The number of rotatable bonds is 3. The summed E-state index contributed by atoms with van der Waals surface area (Å²) in [7, 11) is 0. The molecule has 5 heteroatoms. The van der Waals surface area contributed by atoms with E-state index in [4.69, 9.17) is 4.74 Å². The van der Waals surface area contributed by atoms with E-state index in [2.05, 4.69) is 6.92 Å². The number of carboxylic acid groups (broad SMARTS) is 1. The lowest BCUT2D eigenvalue weighted by Gasteiger charge is -2.38. The van der Waals surface area contributed by atoms with Crippen LogP contribution in [0.3, 0.4) is 0 Å². The normalized spacial score (nSPS) is 40.0. The number of hydrogen-bond acceptors (Lipinski definition) is 3. The Labute approximate surface area is 119 Å². The molecule has 1 amide bonds. The van der Waals surface area contributed by atoms with Crippen molar-refractivity contribution in [1.82, 2.24) is 4.90 Å². The van der Waals surface area contributed by atoms with Crippen LogP contribution in [0.5, 0.6) is 0 Å². The molecule has 0 radical (unpaired) electrons. The van der Waals surface area contributed by atoms with Crippen LogP contribution in [0.2, 0.25) is 0 Å². The van der Waals surface area contributed by atoms with Crippen molar-refractivity contribution < 1.29 is 19.4 Å². The van der Waals surface area contributed by atoms with E-state index in [1.54, 1.807) is 0 Å². The lowest BCUT2D eigenvalue weighted by atomic mass is 9.78. The summed E-state index contributed by atoms with van der Waals surface area (Å²) < 4.78 is 5.71. The van der Waals surface area contributed by atoms with Crippen LogP contribution in [-0.2, 0) is 14.3 Å². The molecule has 0 aromatic rings. The van der Waals surface area contributed by atoms with Crippen LogP contribution in [0.4, 0.5) is 0 Å². The van der Waals surface area contributed by atoms with Crippen molar-refractivity contribution in [2.45, 2.75) is 63.7 Å². The second-order valence-electron chi connectivity index (χ2n) is 6.27. The number of amides is 1. The standard InChI is InChI=1S/C15H23NO4/c1-2-9-5-3-4-8-16(9)14(17)12-10-6-7-11(20-10)13(12)15(18)19/h9-13H,2-8H2,1H3,(H,18,19). The molecular formula is C15H23NO4. The molecule has 2 bridgehead atoms. The zero-order chi connectivity index (χ0) is 14.3. The third kappa shape index (κ3) is 2.12. The molecule has 3 heterocycles. The maximum absolute atomic E-state index is 12.9. The number of aliphatic carboxylic acids is 1. The van der Waals surface area contributed by atoms with Crippen molar-refractivity contribution in [1.29, 1.82) is 0 Å². The maximum Gasteiger partial charge on any atom is 0.310 e. The molecule has 0 aromatic heterocycles. The zero-order valence-corrected chi connectivity index (χ0v) is 12.0. The molecule has 3 fully saturated rings. The highest BCUT2D eigenvalue weighted by atomic mass is 16.5. The fourth-order valence-electron chi connectivity index (χ4n) is 4.21. The molecule has 1 N–H and O–H groups in total. The second-order valence-corrected chi connectivity index (χ2v) is 6.27. The minimum atomic E-state index is -0.874. The summed E-state index contributed by atoms with van der Waals surface area (Å²) in [4.78, 5) is 26.3. The Kier molecular flexibility index (Phi) is 3.71. The number of nitrogens with zero attached hydrogens (tertiary/aromatic N) is 1. The fraction of sp³-hybridized carbons (Fsp3) is 0.867. The van der Waals surface area contributed by atoms with Gasteiger partial charge < -0.3 is 14.7 Å². The highest BCUT2D eigenvalue weighted by Gasteiger charge is 2.56. The summed E-state index contributed by atoms with van der Waals surface area (Å²) in [6.45, 7) is 2.87. The Morgan fingerprint density at radius 1 is 1.15 bits per heavy atom. The lowest BCUT2D eigenvalue weighted by molar-refractivity contribution is -0.152. The quantitative estimate of drug-likeness (QED) is 0.854. The van der Waals surface area contributed by atoms with Gasteiger partial charge in [0.25, 0.3) is 0 Å². The molecule has 112 valence electrons. The highest BCUT2D eigenvalue weighted by Crippen LogP contribution is 2.45. The van der Waals surface area contributed by atoms with Gasteiger partial charge in [-0.25, -0.2) is 0 Å². The molecule has 0 aromatic carbocycles. The van der Waals surface area contributed by atoms with E-state index in [1.807, 2.05) is 4.90 Å². The molecule has 0 saturated carbocycles. The summed E-state index contributed by atoms with van der Waals surface area (Å²) in [6.07, 6.45) is 5.37. The van der Waals surface area contributed by atoms with Crippen LogP contribution in [0.1, 0.15) is 45.4 Å². The van der Waals surface area contributed by atoms with Crippen molar-refractivity contribution in [3.63, 3.8) is 0 Å². The van der Waals surface area contributed by atoms with Gasteiger partial charge in [0.1, 0.15) is 0 Å². The molecule has 3 rings (SSSR count). The minimum absolute atomic E-state index is 0.0242. The molecule has 20 heavy (non-hydrogen) atoms. The van der Waals surface area contributed by atoms with Crippen LogP contribution >= 0.6 is 0 Å². The molecular weight excluding hydrogens is 258 g/mol. The molecule has 3 aliphatic heterocycles. The first-order valence-electron chi connectivity index (χ1n) is 7.82. The summed E-state index contributed by atoms with van der Waals surface area (Å²) in [5.41, 5.74) is 0. The summed E-state index contributed by atoms with van der Waals surface area (Å²) in [5, 5.41) is 9.43. The summed E-state index contributed by atoms with van der Waals surface area (Å²) in [6, 6.07) is 0.282. The largest absolute Gasteiger partial charge is 0.481 e. The molecule has 0 spiro atoms. The van der Waals surface area contributed by atoms with Gasteiger partial charge in [0.15, 0.2) is 0 Å². The first-order chi connectivity index (χ1) is 9.63. The smallest absolute Gasteiger partial charge is 0.310 e. The minimum Gasteiger partial charge on any atom is -0.481 e. The number of piperidine rings is 1. The zero-order valence-electron chi connectivity index (χ0n) is 12.0. The number of likely N-dealkylation sites (tertiary alicyclic amines) is 1. The van der Waals surface area contributed by atoms with Gasteiger partial charge >= 0.3 is 5.97 Å². The summed E-state index contributed by atoms with van der Waals surface area (Å²) in [5.74, 6) is -1.95. The molecule has 5 atom stereocenters. The van der Waals surface area contributed by atoms with Gasteiger partial charge in [-0.15, -0.1) is 0 Å². The Morgan fingerprint density at radius 3 is 2.50 bits per heavy atom. The van der Waals surface area contributed by atoms with Crippen molar-refractivity contribution in [3.8, 4) is 0 Å². The molecule has 3 saturated heterocycles. The third-order valence-corrected chi connectivity index (χ3v) is 5.23. The second kappa shape index (κ2) is 5.35. The van der Waals surface area contributed by atoms with Gasteiger partial charge in [-0.3, -0.25) is 9.59 Å². The number of fused-ring (bicyclic) bond motifs is 2. The van der Waals surface area contributed by atoms with Gasteiger partial charge in [-0.1, -0.05) is 6.92 Å². The number of hydrogen-bond donors (Lipinski definition) is 1. The number of carbonyl (C=O) groups is 2. The highest BCUT2D eigenvalue weighted by molar-refractivity contribution is 5.87. The van der Waals surface area contributed by atoms with E-state index in [0.717, 1.165) is 45.1 Å².